The molecule has 0 aromatic rings. The molecule has 9 heavy (non-hydrogen) atoms. The zero-order valence-electron chi connectivity index (χ0n) is 4.98. The van der Waals surface area contributed by atoms with E-state index >= 15 is 0 Å². The van der Waals surface area contributed by atoms with Gasteiger partial charge in [0.05, 0.1) is 5.41 Å². The Morgan fingerprint density at radius 1 is 1.44 bits per heavy atom. The molecule has 0 unspecified atom stereocenters. The Morgan fingerprint density at radius 3 is 2.00 bits per heavy atom. The fraction of sp³-hybridized carbons (Fsp3) is 0.833. The Hall–Kier alpha value is -0.240. The van der Waals surface area contributed by atoms with Crippen LogP contribution in [0.2, 0.25) is 0 Å². The molecule has 0 saturated heterocycles. The van der Waals surface area contributed by atoms with Crippen molar-refractivity contribution >= 4 is 17.5 Å². The molecule has 3 saturated carbocycles. The number of alkyl halides is 1. The first-order valence-corrected chi connectivity index (χ1v) is 3.43. The molecule has 0 aliphatic heterocycles. The van der Waals surface area contributed by atoms with Crippen LogP contribution in [-0.2, 0) is 4.79 Å². The molecule has 2 N–H and O–H groups in total. The van der Waals surface area contributed by atoms with Gasteiger partial charge >= 0.3 is 0 Å². The molecule has 0 spiro atoms. The summed E-state index contributed by atoms with van der Waals surface area (Å²) >= 11 is 5.90. The van der Waals surface area contributed by atoms with Crippen molar-refractivity contribution in [1.29, 1.82) is 0 Å². The van der Waals surface area contributed by atoms with E-state index in [4.69, 9.17) is 17.3 Å². The van der Waals surface area contributed by atoms with Crippen LogP contribution in [0.25, 0.3) is 0 Å². The van der Waals surface area contributed by atoms with Crippen molar-refractivity contribution in [3.8, 4) is 0 Å². The molecule has 0 heterocycles. The van der Waals surface area contributed by atoms with E-state index in [1.807, 2.05) is 0 Å². The number of rotatable bonds is 1. The van der Waals surface area contributed by atoms with Crippen molar-refractivity contribution < 1.29 is 4.79 Å². The first-order chi connectivity index (χ1) is 4.06. The highest BCUT2D eigenvalue weighted by Crippen LogP contribution is 2.70. The van der Waals surface area contributed by atoms with Gasteiger partial charge in [0.2, 0.25) is 5.91 Å². The third kappa shape index (κ3) is 0.456. The highest BCUT2D eigenvalue weighted by atomic mass is 35.5. The van der Waals surface area contributed by atoms with Gasteiger partial charge in [-0.25, -0.2) is 0 Å². The molecule has 3 aliphatic rings. The highest BCUT2D eigenvalue weighted by molar-refractivity contribution is 6.27. The van der Waals surface area contributed by atoms with Crippen LogP contribution in [-0.4, -0.2) is 10.8 Å². The molecule has 3 fully saturated rings. The van der Waals surface area contributed by atoms with Crippen molar-refractivity contribution in [2.45, 2.75) is 24.1 Å². The smallest absolute Gasteiger partial charge is 0.223 e. The van der Waals surface area contributed by atoms with Gasteiger partial charge in [-0.2, -0.15) is 0 Å². The normalized spacial score (nSPS) is 53.4. The lowest BCUT2D eigenvalue weighted by atomic mass is 9.43. The minimum Gasteiger partial charge on any atom is -0.369 e. The number of primary amides is 1. The average molecular weight is 146 g/mol. The number of hydrogen-bond donors (Lipinski definition) is 1. The maximum atomic E-state index is 10.6. The number of carbonyl (C=O) groups excluding carboxylic acids is 1. The van der Waals surface area contributed by atoms with Crippen LogP contribution in [0.15, 0.2) is 0 Å². The van der Waals surface area contributed by atoms with Gasteiger partial charge in [-0.1, -0.05) is 0 Å². The molecule has 50 valence electrons. The summed E-state index contributed by atoms with van der Waals surface area (Å²) in [6.07, 6.45) is 2.45. The minimum atomic E-state index is -0.165. The molecular formula is C6H8ClNO. The lowest BCUT2D eigenvalue weighted by Gasteiger charge is -2.65. The van der Waals surface area contributed by atoms with E-state index in [-0.39, 0.29) is 16.2 Å². The van der Waals surface area contributed by atoms with Crippen LogP contribution < -0.4 is 5.73 Å². The molecule has 0 aromatic carbocycles. The predicted octanol–water partition coefficient (Wildman–Crippen LogP) is 0.633. The van der Waals surface area contributed by atoms with Gasteiger partial charge in [-0.05, 0) is 19.3 Å². The lowest BCUT2D eigenvalue weighted by molar-refractivity contribution is -0.154. The van der Waals surface area contributed by atoms with Gasteiger partial charge in [0, 0.05) is 4.87 Å². The van der Waals surface area contributed by atoms with Gasteiger partial charge < -0.3 is 5.73 Å². The van der Waals surface area contributed by atoms with Crippen molar-refractivity contribution in [2.75, 3.05) is 0 Å². The Balaban J connectivity index is 2.13. The molecule has 0 aromatic heterocycles. The van der Waals surface area contributed by atoms with Crippen LogP contribution in [0.5, 0.6) is 0 Å². The van der Waals surface area contributed by atoms with Crippen LogP contribution in [0.3, 0.4) is 0 Å². The van der Waals surface area contributed by atoms with E-state index in [1.165, 1.54) is 0 Å². The van der Waals surface area contributed by atoms with E-state index in [0.717, 1.165) is 19.3 Å². The number of amides is 1. The average Bonchev–Trinajstić information content (AvgIpc) is 1.54. The van der Waals surface area contributed by atoms with Crippen LogP contribution in [0.4, 0.5) is 0 Å². The minimum absolute atomic E-state index is 0.0188. The number of nitrogens with two attached hydrogens (primary N) is 1. The van der Waals surface area contributed by atoms with Crippen molar-refractivity contribution in [2.24, 2.45) is 11.1 Å². The molecule has 0 radical (unpaired) electrons. The molecule has 3 heteroatoms. The summed E-state index contributed by atoms with van der Waals surface area (Å²) in [4.78, 5) is 10.6. The van der Waals surface area contributed by atoms with Crippen LogP contribution in [0.1, 0.15) is 19.3 Å². The number of hydrogen-bond acceptors (Lipinski definition) is 1. The molecule has 1 amide bonds. The predicted molar refractivity (Wildman–Crippen MR) is 34.1 cm³/mol. The number of carbonyl (C=O) groups is 1. The second-order valence-electron chi connectivity index (χ2n) is 3.33. The van der Waals surface area contributed by atoms with Gasteiger partial charge in [0.15, 0.2) is 0 Å². The summed E-state index contributed by atoms with van der Waals surface area (Å²) in [7, 11) is 0. The summed E-state index contributed by atoms with van der Waals surface area (Å²) in [6.45, 7) is 0. The monoisotopic (exact) mass is 145 g/mol. The molecule has 3 aliphatic carbocycles. The van der Waals surface area contributed by atoms with E-state index < -0.39 is 0 Å². The fourth-order valence-electron chi connectivity index (χ4n) is 1.93. The van der Waals surface area contributed by atoms with Crippen molar-refractivity contribution in [3.63, 3.8) is 0 Å². The maximum Gasteiger partial charge on any atom is 0.223 e. The Labute approximate surface area is 58.4 Å². The van der Waals surface area contributed by atoms with E-state index in [2.05, 4.69) is 0 Å². The maximum absolute atomic E-state index is 10.6. The third-order valence-corrected chi connectivity index (χ3v) is 2.89. The quantitative estimate of drug-likeness (QED) is 0.541. The molecular weight excluding hydrogens is 138 g/mol. The molecule has 2 nitrogen and oxygen atoms in total. The van der Waals surface area contributed by atoms with Crippen LogP contribution >= 0.6 is 11.6 Å². The number of halogens is 1. The Bertz CT molecular complexity index is 170. The Morgan fingerprint density at radius 2 is 1.89 bits per heavy atom. The van der Waals surface area contributed by atoms with Gasteiger partial charge in [-0.3, -0.25) is 4.79 Å². The van der Waals surface area contributed by atoms with Gasteiger partial charge in [-0.15, -0.1) is 11.6 Å². The van der Waals surface area contributed by atoms with Crippen molar-refractivity contribution in [3.05, 3.63) is 0 Å². The first-order valence-electron chi connectivity index (χ1n) is 3.05. The van der Waals surface area contributed by atoms with E-state index in [9.17, 15) is 4.79 Å². The lowest BCUT2D eigenvalue weighted by Crippen LogP contribution is -2.68. The Kier molecular flexibility index (Phi) is 0.692. The topological polar surface area (TPSA) is 43.1 Å². The summed E-state index contributed by atoms with van der Waals surface area (Å²) < 4.78 is 0. The second kappa shape index (κ2) is 1.12. The summed E-state index contributed by atoms with van der Waals surface area (Å²) in [5.41, 5.74) is 4.97. The molecule has 0 atom stereocenters. The summed E-state index contributed by atoms with van der Waals surface area (Å²) in [6, 6.07) is 0. The van der Waals surface area contributed by atoms with Crippen molar-refractivity contribution in [1.82, 2.24) is 0 Å². The standard InChI is InChI=1S/C6H8ClNO/c7-6-1-5(2-6,3-6)4(8)9/h1-3H2,(H2,8,9). The fourth-order valence-corrected chi connectivity index (χ4v) is 2.69. The largest absolute Gasteiger partial charge is 0.369 e. The third-order valence-electron chi connectivity index (χ3n) is 2.49. The molecule has 3 rings (SSSR count). The van der Waals surface area contributed by atoms with E-state index in [0.29, 0.717) is 0 Å². The second-order valence-corrected chi connectivity index (χ2v) is 4.13. The van der Waals surface area contributed by atoms with Crippen LogP contribution in [0, 0.1) is 5.41 Å². The summed E-state index contributed by atoms with van der Waals surface area (Å²) in [5, 5.41) is 0. The summed E-state index contributed by atoms with van der Waals surface area (Å²) in [5.74, 6) is -0.162. The molecule has 2 bridgehead atoms. The first kappa shape index (κ1) is 5.54. The zero-order chi connectivity index (χ0) is 6.70. The van der Waals surface area contributed by atoms with Gasteiger partial charge in [0.25, 0.3) is 0 Å². The highest BCUT2D eigenvalue weighted by Gasteiger charge is 2.70. The van der Waals surface area contributed by atoms with Gasteiger partial charge in [0.1, 0.15) is 0 Å². The zero-order valence-corrected chi connectivity index (χ0v) is 5.74. The SMILES string of the molecule is NC(=O)C12CC(Cl)(C1)C2. The van der Waals surface area contributed by atoms with E-state index in [1.54, 1.807) is 0 Å².